The van der Waals surface area contributed by atoms with E-state index >= 15 is 0 Å². The SMILES string of the molecule is COc1ccc(-c2ccccc2)cc1C(=O)NC(CCCNC(=N)CF)c1ncc(-c2ccccc2)o1. The molecule has 190 valence electrons. The largest absolute Gasteiger partial charge is 0.496 e. The van der Waals surface area contributed by atoms with E-state index in [0.29, 0.717) is 42.4 Å². The number of amidine groups is 1. The number of nitrogens with one attached hydrogen (secondary N) is 3. The second-order valence-electron chi connectivity index (χ2n) is 8.42. The van der Waals surface area contributed by atoms with Gasteiger partial charge in [0, 0.05) is 12.1 Å². The fourth-order valence-corrected chi connectivity index (χ4v) is 3.97. The first kappa shape index (κ1) is 25.6. The number of methoxy groups -OCH3 is 1. The Kier molecular flexibility index (Phi) is 8.65. The van der Waals surface area contributed by atoms with Crippen LogP contribution in [0.25, 0.3) is 22.5 Å². The topological polar surface area (TPSA) is 100 Å². The standard InChI is InChI=1S/C29H29FN4O3/c1-36-25-15-14-22(20-9-4-2-5-10-20)17-23(25)28(35)34-24(13-8-16-32-27(31)18-30)29-33-19-26(37-29)21-11-6-3-7-12-21/h2-7,9-12,14-15,17,19,24H,8,13,16,18H2,1H3,(H2,31,32)(H,34,35). The summed E-state index contributed by atoms with van der Waals surface area (Å²) in [6.45, 7) is -0.466. The molecule has 0 aliphatic carbocycles. The molecule has 0 radical (unpaired) electrons. The molecule has 0 aliphatic rings. The quantitative estimate of drug-likeness (QED) is 0.137. The van der Waals surface area contributed by atoms with Gasteiger partial charge in [0.25, 0.3) is 5.91 Å². The number of hydrogen-bond acceptors (Lipinski definition) is 5. The number of carbonyl (C=O) groups excluding carboxylic acids is 1. The predicted octanol–water partition coefficient (Wildman–Crippen LogP) is 5.80. The van der Waals surface area contributed by atoms with Crippen LogP contribution >= 0.6 is 0 Å². The number of aromatic nitrogens is 1. The van der Waals surface area contributed by atoms with Crippen molar-refractivity contribution < 1.29 is 18.3 Å². The maximum atomic E-state index is 13.5. The van der Waals surface area contributed by atoms with E-state index in [9.17, 15) is 9.18 Å². The summed E-state index contributed by atoms with van der Waals surface area (Å²) < 4.78 is 24.1. The van der Waals surface area contributed by atoms with Gasteiger partial charge in [-0.2, -0.15) is 0 Å². The first-order valence-electron chi connectivity index (χ1n) is 12.0. The Labute approximate surface area is 215 Å². The van der Waals surface area contributed by atoms with Gasteiger partial charge < -0.3 is 19.8 Å². The molecular formula is C29H29FN4O3. The van der Waals surface area contributed by atoms with Crippen LogP contribution in [0, 0.1) is 5.41 Å². The van der Waals surface area contributed by atoms with E-state index in [-0.39, 0.29) is 11.7 Å². The van der Waals surface area contributed by atoms with Gasteiger partial charge in [0.2, 0.25) is 5.89 Å². The molecule has 8 heteroatoms. The summed E-state index contributed by atoms with van der Waals surface area (Å²) in [6, 6.07) is 24.3. The van der Waals surface area contributed by atoms with Gasteiger partial charge in [0.05, 0.1) is 18.9 Å². The second kappa shape index (κ2) is 12.5. The van der Waals surface area contributed by atoms with E-state index < -0.39 is 12.7 Å². The van der Waals surface area contributed by atoms with Crippen molar-refractivity contribution >= 4 is 11.7 Å². The van der Waals surface area contributed by atoms with Crippen LogP contribution in [-0.4, -0.2) is 37.1 Å². The van der Waals surface area contributed by atoms with Crippen LogP contribution in [0.2, 0.25) is 0 Å². The van der Waals surface area contributed by atoms with Crippen LogP contribution in [0.4, 0.5) is 4.39 Å². The van der Waals surface area contributed by atoms with E-state index in [2.05, 4.69) is 15.6 Å². The van der Waals surface area contributed by atoms with Crippen molar-refractivity contribution in [3.05, 3.63) is 96.5 Å². The van der Waals surface area contributed by atoms with Gasteiger partial charge in [0.15, 0.2) is 5.76 Å². The maximum absolute atomic E-state index is 13.5. The number of halogens is 1. The Bertz CT molecular complexity index is 1330. The van der Waals surface area contributed by atoms with Crippen molar-refractivity contribution in [3.63, 3.8) is 0 Å². The zero-order valence-corrected chi connectivity index (χ0v) is 20.5. The molecule has 1 atom stereocenters. The zero-order valence-electron chi connectivity index (χ0n) is 20.5. The molecule has 0 spiro atoms. The van der Waals surface area contributed by atoms with E-state index in [1.54, 1.807) is 18.3 Å². The van der Waals surface area contributed by atoms with Gasteiger partial charge >= 0.3 is 0 Å². The Balaban J connectivity index is 1.58. The molecule has 0 aliphatic heterocycles. The van der Waals surface area contributed by atoms with E-state index in [1.165, 1.54) is 7.11 Å². The number of oxazole rings is 1. The monoisotopic (exact) mass is 500 g/mol. The van der Waals surface area contributed by atoms with Crippen LogP contribution in [0.3, 0.4) is 0 Å². The molecule has 1 unspecified atom stereocenters. The lowest BCUT2D eigenvalue weighted by molar-refractivity contribution is 0.0924. The Morgan fingerprint density at radius 2 is 1.73 bits per heavy atom. The third-order valence-corrected chi connectivity index (χ3v) is 5.88. The molecule has 0 saturated heterocycles. The average molecular weight is 501 g/mol. The van der Waals surface area contributed by atoms with Crippen LogP contribution in [0.5, 0.6) is 5.75 Å². The molecule has 1 aromatic heterocycles. The van der Waals surface area contributed by atoms with Gasteiger partial charge in [-0.15, -0.1) is 0 Å². The lowest BCUT2D eigenvalue weighted by Gasteiger charge is -2.18. The normalized spacial score (nSPS) is 11.5. The lowest BCUT2D eigenvalue weighted by Crippen LogP contribution is -2.31. The van der Waals surface area contributed by atoms with Crippen molar-refractivity contribution in [1.82, 2.24) is 15.6 Å². The minimum absolute atomic E-state index is 0.175. The van der Waals surface area contributed by atoms with Gasteiger partial charge in [-0.1, -0.05) is 66.7 Å². The smallest absolute Gasteiger partial charge is 0.255 e. The zero-order chi connectivity index (χ0) is 26.0. The van der Waals surface area contributed by atoms with Crippen LogP contribution in [0.15, 0.2) is 89.5 Å². The predicted molar refractivity (Wildman–Crippen MR) is 142 cm³/mol. The lowest BCUT2D eigenvalue weighted by atomic mass is 10.0. The van der Waals surface area contributed by atoms with Crippen LogP contribution < -0.4 is 15.4 Å². The second-order valence-corrected chi connectivity index (χ2v) is 8.42. The number of ether oxygens (including phenoxy) is 1. The molecule has 3 aromatic carbocycles. The number of alkyl halides is 1. The first-order valence-corrected chi connectivity index (χ1v) is 12.0. The van der Waals surface area contributed by atoms with Crippen LogP contribution in [0.1, 0.15) is 35.1 Å². The van der Waals surface area contributed by atoms with Crippen molar-refractivity contribution in [2.24, 2.45) is 0 Å². The van der Waals surface area contributed by atoms with E-state index in [1.807, 2.05) is 66.7 Å². The van der Waals surface area contributed by atoms with Gasteiger partial charge in [-0.25, -0.2) is 9.37 Å². The number of benzene rings is 3. The highest BCUT2D eigenvalue weighted by atomic mass is 19.1. The Morgan fingerprint density at radius 3 is 2.41 bits per heavy atom. The minimum atomic E-state index is -0.849. The van der Waals surface area contributed by atoms with Crippen molar-refractivity contribution in [1.29, 1.82) is 5.41 Å². The summed E-state index contributed by atoms with van der Waals surface area (Å²) >= 11 is 0. The summed E-state index contributed by atoms with van der Waals surface area (Å²) in [6.07, 6.45) is 2.66. The van der Waals surface area contributed by atoms with Crippen LogP contribution in [-0.2, 0) is 0 Å². The summed E-state index contributed by atoms with van der Waals surface area (Å²) in [4.78, 5) is 17.9. The van der Waals surface area contributed by atoms with Crippen molar-refractivity contribution in [3.8, 4) is 28.2 Å². The Morgan fingerprint density at radius 1 is 1.03 bits per heavy atom. The molecule has 7 nitrogen and oxygen atoms in total. The number of nitrogens with zero attached hydrogens (tertiary/aromatic N) is 1. The number of rotatable bonds is 11. The minimum Gasteiger partial charge on any atom is -0.496 e. The summed E-state index contributed by atoms with van der Waals surface area (Å²) in [5.41, 5.74) is 3.14. The molecule has 0 saturated carbocycles. The molecule has 4 rings (SSSR count). The summed E-state index contributed by atoms with van der Waals surface area (Å²) in [7, 11) is 1.53. The van der Waals surface area contributed by atoms with E-state index in [4.69, 9.17) is 14.6 Å². The van der Waals surface area contributed by atoms with Gasteiger partial charge in [0.1, 0.15) is 24.3 Å². The molecule has 3 N–H and O–H groups in total. The highest BCUT2D eigenvalue weighted by Gasteiger charge is 2.23. The highest BCUT2D eigenvalue weighted by Crippen LogP contribution is 2.29. The number of hydrogen-bond donors (Lipinski definition) is 3. The van der Waals surface area contributed by atoms with Crippen molar-refractivity contribution in [2.75, 3.05) is 20.3 Å². The summed E-state index contributed by atoms with van der Waals surface area (Å²) in [5.74, 6) is 0.905. The van der Waals surface area contributed by atoms with Crippen molar-refractivity contribution in [2.45, 2.75) is 18.9 Å². The molecule has 0 fully saturated rings. The third-order valence-electron chi connectivity index (χ3n) is 5.88. The molecule has 1 amide bonds. The third kappa shape index (κ3) is 6.61. The fraction of sp³-hybridized carbons (Fsp3) is 0.207. The average Bonchev–Trinajstić information content (AvgIpc) is 3.45. The van der Waals surface area contributed by atoms with E-state index in [0.717, 1.165) is 16.7 Å². The summed E-state index contributed by atoms with van der Waals surface area (Å²) in [5, 5.41) is 13.2. The number of amides is 1. The molecule has 0 bridgehead atoms. The fourth-order valence-electron chi connectivity index (χ4n) is 3.97. The first-order chi connectivity index (χ1) is 18.1. The van der Waals surface area contributed by atoms with Gasteiger partial charge in [-0.3, -0.25) is 10.2 Å². The highest BCUT2D eigenvalue weighted by molar-refractivity contribution is 5.98. The molecular weight excluding hydrogens is 471 g/mol. The molecule has 4 aromatic rings. The molecule has 37 heavy (non-hydrogen) atoms. The van der Waals surface area contributed by atoms with Gasteiger partial charge in [-0.05, 0) is 36.1 Å². The molecule has 1 heterocycles. The Hall–Kier alpha value is -4.46. The number of carbonyl (C=O) groups is 1. The maximum Gasteiger partial charge on any atom is 0.255 e.